The molecule has 0 fully saturated rings. The summed E-state index contributed by atoms with van der Waals surface area (Å²) < 4.78 is 17.2. The van der Waals surface area contributed by atoms with Crippen molar-refractivity contribution in [1.29, 1.82) is 0 Å². The lowest BCUT2D eigenvalue weighted by Crippen LogP contribution is -2.35. The van der Waals surface area contributed by atoms with Crippen molar-refractivity contribution < 1.29 is 23.8 Å². The van der Waals surface area contributed by atoms with E-state index < -0.39 is 17.7 Å². The molecule has 146 valence electrons. The lowest BCUT2D eigenvalue weighted by Gasteiger charge is -2.25. The van der Waals surface area contributed by atoms with Gasteiger partial charge in [-0.1, -0.05) is 30.3 Å². The maximum absolute atomic E-state index is 12.6. The van der Waals surface area contributed by atoms with Gasteiger partial charge in [0.1, 0.15) is 17.9 Å². The van der Waals surface area contributed by atoms with Crippen LogP contribution in [0.3, 0.4) is 0 Å². The van der Waals surface area contributed by atoms with E-state index in [0.29, 0.717) is 5.69 Å². The molecule has 0 N–H and O–H groups in total. The molecule has 2 rings (SSSR count). The van der Waals surface area contributed by atoms with Gasteiger partial charge in [0.2, 0.25) is 0 Å². The van der Waals surface area contributed by atoms with Crippen molar-refractivity contribution in [3.63, 3.8) is 0 Å². The first-order valence-corrected chi connectivity index (χ1v) is 8.83. The van der Waals surface area contributed by atoms with Crippen LogP contribution in [-0.2, 0) is 14.2 Å². The van der Waals surface area contributed by atoms with Gasteiger partial charge < -0.3 is 18.8 Å². The Morgan fingerprint density at radius 1 is 1.15 bits per heavy atom. The van der Waals surface area contributed by atoms with E-state index in [4.69, 9.17) is 14.2 Å². The number of nitrogens with zero attached hydrogens (tertiary/aromatic N) is 2. The van der Waals surface area contributed by atoms with Crippen molar-refractivity contribution >= 4 is 12.1 Å². The van der Waals surface area contributed by atoms with E-state index in [1.54, 1.807) is 38.6 Å². The molecule has 1 unspecified atom stereocenters. The first-order valence-electron chi connectivity index (χ1n) is 8.83. The van der Waals surface area contributed by atoms with Gasteiger partial charge in [0, 0.05) is 0 Å². The molecule has 1 atom stereocenters. The summed E-state index contributed by atoms with van der Waals surface area (Å²) in [6.45, 7) is 8.63. The number of aromatic nitrogens is 2. The summed E-state index contributed by atoms with van der Waals surface area (Å²) in [6, 6.07) is 9.70. The zero-order chi connectivity index (χ0) is 20.0. The zero-order valence-electron chi connectivity index (χ0n) is 16.3. The van der Waals surface area contributed by atoms with Gasteiger partial charge in [-0.25, -0.2) is 14.6 Å². The minimum Gasteiger partial charge on any atom is -0.451 e. The highest BCUT2D eigenvalue weighted by Gasteiger charge is 2.28. The van der Waals surface area contributed by atoms with Crippen LogP contribution in [0.4, 0.5) is 4.79 Å². The molecule has 27 heavy (non-hydrogen) atoms. The van der Waals surface area contributed by atoms with Gasteiger partial charge in [0.15, 0.2) is 0 Å². The van der Waals surface area contributed by atoms with E-state index in [2.05, 4.69) is 4.98 Å². The molecule has 1 heterocycles. The lowest BCUT2D eigenvalue weighted by molar-refractivity contribution is -0.0482. The average Bonchev–Trinajstić information content (AvgIpc) is 3.09. The first kappa shape index (κ1) is 20.5. The largest absolute Gasteiger partial charge is 0.508 e. The van der Waals surface area contributed by atoms with Crippen molar-refractivity contribution in [3.8, 4) is 0 Å². The molecule has 2 aromatic rings. The topological polar surface area (TPSA) is 79.7 Å². The van der Waals surface area contributed by atoms with E-state index in [9.17, 15) is 9.59 Å². The number of rotatable bonds is 7. The normalized spacial score (nSPS) is 12.5. The molecule has 7 heteroatoms. The molecule has 0 spiro atoms. The van der Waals surface area contributed by atoms with Crippen molar-refractivity contribution in [2.75, 3.05) is 6.61 Å². The van der Waals surface area contributed by atoms with E-state index >= 15 is 0 Å². The van der Waals surface area contributed by atoms with Crippen LogP contribution in [0, 0.1) is 0 Å². The minimum absolute atomic E-state index is 0.0865. The standard InChI is InChI=1S/C20H26N2O5/c1-14(2)26-19(24)25-12-20(4,5)27-18(23)17-11-21-13-22(17)15(3)16-9-7-6-8-10-16/h6-11,13-15H,12H2,1-5H3. The van der Waals surface area contributed by atoms with Gasteiger partial charge in [-0.05, 0) is 40.2 Å². The van der Waals surface area contributed by atoms with Gasteiger partial charge in [0.05, 0.1) is 24.7 Å². The van der Waals surface area contributed by atoms with Gasteiger partial charge in [0.25, 0.3) is 0 Å². The third-order valence-electron chi connectivity index (χ3n) is 3.81. The van der Waals surface area contributed by atoms with Gasteiger partial charge in [-0.2, -0.15) is 0 Å². The van der Waals surface area contributed by atoms with Gasteiger partial charge >= 0.3 is 12.1 Å². The maximum atomic E-state index is 12.6. The molecule has 0 bridgehead atoms. The number of ether oxygens (including phenoxy) is 3. The summed E-state index contributed by atoms with van der Waals surface area (Å²) in [6.07, 6.45) is 1.98. The smallest absolute Gasteiger partial charge is 0.451 e. The Hall–Kier alpha value is -2.83. The van der Waals surface area contributed by atoms with Crippen LogP contribution < -0.4 is 0 Å². The number of imidazole rings is 1. The molecule has 1 aromatic carbocycles. The monoisotopic (exact) mass is 374 g/mol. The minimum atomic E-state index is -1.02. The number of carbonyl (C=O) groups is 2. The second-order valence-corrected chi connectivity index (χ2v) is 7.13. The van der Waals surface area contributed by atoms with Crippen molar-refractivity contribution in [1.82, 2.24) is 9.55 Å². The van der Waals surface area contributed by atoms with Crippen LogP contribution >= 0.6 is 0 Å². The zero-order valence-corrected chi connectivity index (χ0v) is 16.3. The quantitative estimate of drug-likeness (QED) is 0.682. The summed E-state index contributed by atoms with van der Waals surface area (Å²) in [5, 5.41) is 0. The van der Waals surface area contributed by atoms with Crippen LogP contribution in [0.2, 0.25) is 0 Å². The molecule has 0 radical (unpaired) electrons. The number of hydrogen-bond donors (Lipinski definition) is 0. The summed E-state index contributed by atoms with van der Waals surface area (Å²) in [4.78, 5) is 28.2. The van der Waals surface area contributed by atoms with Crippen molar-refractivity contribution in [2.24, 2.45) is 0 Å². The van der Waals surface area contributed by atoms with Crippen molar-refractivity contribution in [3.05, 3.63) is 54.1 Å². The summed E-state index contributed by atoms with van der Waals surface area (Å²) >= 11 is 0. The molecule has 1 aromatic heterocycles. The predicted octanol–water partition coefficient (Wildman–Crippen LogP) is 3.99. The number of benzene rings is 1. The number of hydrogen-bond acceptors (Lipinski definition) is 6. The highest BCUT2D eigenvalue weighted by Crippen LogP contribution is 2.21. The Bertz CT molecular complexity index is 768. The molecule has 7 nitrogen and oxygen atoms in total. The lowest BCUT2D eigenvalue weighted by atomic mass is 10.1. The van der Waals surface area contributed by atoms with Crippen molar-refractivity contribution in [2.45, 2.75) is 52.4 Å². The molecule has 0 saturated heterocycles. The Labute approximate surface area is 159 Å². The SMILES string of the molecule is CC(C)OC(=O)OCC(C)(C)OC(=O)c1cncn1C(C)c1ccccc1. The molecule has 0 aliphatic rings. The Morgan fingerprint density at radius 3 is 2.44 bits per heavy atom. The second-order valence-electron chi connectivity index (χ2n) is 7.13. The number of esters is 1. The molecule has 0 aliphatic carbocycles. The highest BCUT2D eigenvalue weighted by molar-refractivity contribution is 5.87. The predicted molar refractivity (Wildman–Crippen MR) is 99.5 cm³/mol. The van der Waals surface area contributed by atoms with Gasteiger partial charge in [-0.3, -0.25) is 0 Å². The fourth-order valence-corrected chi connectivity index (χ4v) is 2.46. The second kappa shape index (κ2) is 8.70. The van der Waals surface area contributed by atoms with E-state index in [1.807, 2.05) is 37.3 Å². The molecule has 0 saturated carbocycles. The third kappa shape index (κ3) is 5.84. The summed E-state index contributed by atoms with van der Waals surface area (Å²) in [5.74, 6) is -0.541. The van der Waals surface area contributed by atoms with Crippen LogP contribution in [0.1, 0.15) is 56.7 Å². The molecular weight excluding hydrogens is 348 g/mol. The fraction of sp³-hybridized carbons (Fsp3) is 0.450. The van der Waals surface area contributed by atoms with Crippen LogP contribution in [0.5, 0.6) is 0 Å². The number of carbonyl (C=O) groups excluding carboxylic acids is 2. The average molecular weight is 374 g/mol. The Balaban J connectivity index is 2.04. The van der Waals surface area contributed by atoms with Crippen LogP contribution in [0.25, 0.3) is 0 Å². The van der Waals surface area contributed by atoms with E-state index in [1.165, 1.54) is 6.20 Å². The molecule has 0 amide bonds. The van der Waals surface area contributed by atoms with Gasteiger partial charge in [-0.15, -0.1) is 0 Å². The summed E-state index contributed by atoms with van der Waals surface area (Å²) in [5.41, 5.74) is 0.353. The fourth-order valence-electron chi connectivity index (χ4n) is 2.46. The summed E-state index contributed by atoms with van der Waals surface area (Å²) in [7, 11) is 0. The van der Waals surface area contributed by atoms with E-state index in [0.717, 1.165) is 5.56 Å². The van der Waals surface area contributed by atoms with Crippen LogP contribution in [-0.4, -0.2) is 40.0 Å². The highest BCUT2D eigenvalue weighted by atomic mass is 16.7. The Morgan fingerprint density at radius 2 is 1.81 bits per heavy atom. The maximum Gasteiger partial charge on any atom is 0.508 e. The molecule has 0 aliphatic heterocycles. The van der Waals surface area contributed by atoms with Crippen LogP contribution in [0.15, 0.2) is 42.9 Å². The first-order chi connectivity index (χ1) is 12.7. The molecular formula is C20H26N2O5. The third-order valence-corrected chi connectivity index (χ3v) is 3.81. The van der Waals surface area contributed by atoms with E-state index in [-0.39, 0.29) is 18.8 Å². The Kier molecular flexibility index (Phi) is 6.60.